The first-order valence-electron chi connectivity index (χ1n) is 7.50. The number of thiophene rings is 1. The van der Waals surface area contributed by atoms with E-state index >= 15 is 0 Å². The van der Waals surface area contributed by atoms with E-state index in [1.165, 1.54) is 36.3 Å². The van der Waals surface area contributed by atoms with Gasteiger partial charge in [-0.05, 0) is 30.5 Å². The number of aromatic nitrogens is 2. The predicted molar refractivity (Wildman–Crippen MR) is 86.8 cm³/mol. The normalized spacial score (nSPS) is 15.7. The molecule has 112 valence electrons. The average Bonchev–Trinajstić information content (AvgIpc) is 3.17. The van der Waals surface area contributed by atoms with E-state index < -0.39 is 0 Å². The second kappa shape index (κ2) is 5.32. The zero-order valence-electron chi connectivity index (χ0n) is 11.9. The van der Waals surface area contributed by atoms with Gasteiger partial charge in [0.15, 0.2) is 0 Å². The number of fused-ring (bicyclic) bond motifs is 1. The molecule has 0 radical (unpaired) electrons. The number of benzene rings is 1. The Kier molecular flexibility index (Phi) is 3.30. The lowest BCUT2D eigenvalue weighted by Gasteiger charge is -2.07. The smallest absolute Gasteiger partial charge is 0.260 e. The Morgan fingerprint density at radius 2 is 1.91 bits per heavy atom. The summed E-state index contributed by atoms with van der Waals surface area (Å²) >= 11 is 1.48. The third-order valence-corrected chi connectivity index (χ3v) is 5.23. The number of nitrogens with zero attached hydrogens (tertiary/aromatic N) is 1. The fraction of sp³-hybridized carbons (Fsp3) is 0.294. The van der Waals surface area contributed by atoms with Crippen LogP contribution in [0.1, 0.15) is 37.4 Å². The first kappa shape index (κ1) is 13.6. The Hall–Kier alpha value is -2.01. The van der Waals surface area contributed by atoms with Crippen LogP contribution in [0, 0.1) is 5.82 Å². The van der Waals surface area contributed by atoms with Crippen LogP contribution in [-0.4, -0.2) is 9.97 Å². The van der Waals surface area contributed by atoms with Crippen LogP contribution in [0.3, 0.4) is 0 Å². The van der Waals surface area contributed by atoms with Gasteiger partial charge in [-0.15, -0.1) is 11.3 Å². The minimum absolute atomic E-state index is 0.0903. The average molecular weight is 314 g/mol. The predicted octanol–water partition coefficient (Wildman–Crippen LogP) is 4.45. The van der Waals surface area contributed by atoms with Crippen molar-refractivity contribution in [1.29, 1.82) is 0 Å². The molecule has 1 aromatic carbocycles. The monoisotopic (exact) mass is 314 g/mol. The van der Waals surface area contributed by atoms with Crippen molar-refractivity contribution in [1.82, 2.24) is 9.97 Å². The molecule has 0 amide bonds. The van der Waals surface area contributed by atoms with Gasteiger partial charge in [-0.3, -0.25) is 4.79 Å². The minimum atomic E-state index is -0.279. The van der Waals surface area contributed by atoms with Gasteiger partial charge in [0.05, 0.1) is 5.39 Å². The minimum Gasteiger partial charge on any atom is -0.310 e. The molecule has 0 saturated heterocycles. The molecular weight excluding hydrogens is 299 g/mol. The molecule has 1 fully saturated rings. The van der Waals surface area contributed by atoms with Crippen LogP contribution in [0.15, 0.2) is 34.4 Å². The van der Waals surface area contributed by atoms with Crippen molar-refractivity contribution in [2.24, 2.45) is 0 Å². The molecule has 3 aromatic rings. The van der Waals surface area contributed by atoms with Crippen molar-refractivity contribution >= 4 is 21.6 Å². The maximum atomic E-state index is 13.1. The first-order chi connectivity index (χ1) is 10.7. The lowest BCUT2D eigenvalue weighted by atomic mass is 10.1. The van der Waals surface area contributed by atoms with Gasteiger partial charge < -0.3 is 4.98 Å². The molecule has 4 rings (SSSR count). The topological polar surface area (TPSA) is 45.8 Å². The summed E-state index contributed by atoms with van der Waals surface area (Å²) in [6.45, 7) is 0. The van der Waals surface area contributed by atoms with Gasteiger partial charge >= 0.3 is 0 Å². The van der Waals surface area contributed by atoms with E-state index in [0.29, 0.717) is 11.3 Å². The first-order valence-corrected chi connectivity index (χ1v) is 8.38. The summed E-state index contributed by atoms with van der Waals surface area (Å²) in [6.07, 6.45) is 4.62. The van der Waals surface area contributed by atoms with Crippen molar-refractivity contribution in [3.8, 4) is 11.1 Å². The highest BCUT2D eigenvalue weighted by Gasteiger charge is 2.21. The lowest BCUT2D eigenvalue weighted by molar-refractivity contribution is 0.628. The Balaban J connectivity index is 1.85. The highest BCUT2D eigenvalue weighted by Crippen LogP contribution is 2.35. The summed E-state index contributed by atoms with van der Waals surface area (Å²) in [6, 6.07) is 6.21. The molecule has 1 N–H and O–H groups in total. The number of halogens is 1. The standard InChI is InChI=1S/C17H15FN2OS/c18-12-7-5-10(6-8-12)13-9-22-17-14(13)16(21)19-15(20-17)11-3-1-2-4-11/h5-9,11H,1-4H2,(H,19,20,21). The third-order valence-electron chi connectivity index (χ3n) is 4.36. The molecule has 3 nitrogen and oxygen atoms in total. The number of rotatable bonds is 2. The molecule has 1 aliphatic rings. The number of H-pyrrole nitrogens is 1. The Morgan fingerprint density at radius 1 is 1.18 bits per heavy atom. The molecule has 0 unspecified atom stereocenters. The highest BCUT2D eigenvalue weighted by atomic mass is 32.1. The van der Waals surface area contributed by atoms with Crippen molar-refractivity contribution in [2.45, 2.75) is 31.6 Å². The van der Waals surface area contributed by atoms with Crippen molar-refractivity contribution in [3.63, 3.8) is 0 Å². The van der Waals surface area contributed by atoms with Crippen LogP contribution in [0.25, 0.3) is 21.3 Å². The van der Waals surface area contributed by atoms with Gasteiger partial charge in [0.1, 0.15) is 16.5 Å². The van der Waals surface area contributed by atoms with Gasteiger partial charge in [0, 0.05) is 16.9 Å². The summed E-state index contributed by atoms with van der Waals surface area (Å²) in [4.78, 5) is 20.9. The summed E-state index contributed by atoms with van der Waals surface area (Å²) < 4.78 is 13.1. The fourth-order valence-electron chi connectivity index (χ4n) is 3.20. The maximum absolute atomic E-state index is 13.1. The van der Waals surface area contributed by atoms with E-state index in [1.54, 1.807) is 12.1 Å². The van der Waals surface area contributed by atoms with Gasteiger partial charge in [-0.2, -0.15) is 0 Å². The summed E-state index contributed by atoms with van der Waals surface area (Å²) in [7, 11) is 0. The Bertz CT molecular complexity index is 876. The molecule has 1 aliphatic carbocycles. The summed E-state index contributed by atoms with van der Waals surface area (Å²) in [5.41, 5.74) is 1.58. The zero-order valence-corrected chi connectivity index (χ0v) is 12.8. The highest BCUT2D eigenvalue weighted by molar-refractivity contribution is 7.17. The van der Waals surface area contributed by atoms with Gasteiger partial charge in [0.25, 0.3) is 5.56 Å². The van der Waals surface area contributed by atoms with Crippen molar-refractivity contribution in [2.75, 3.05) is 0 Å². The quantitative estimate of drug-likeness (QED) is 0.759. The molecule has 5 heteroatoms. The Morgan fingerprint density at radius 3 is 2.64 bits per heavy atom. The van der Waals surface area contributed by atoms with Crippen molar-refractivity contribution in [3.05, 3.63) is 51.6 Å². The number of aromatic amines is 1. The van der Waals surface area contributed by atoms with E-state index in [9.17, 15) is 9.18 Å². The molecule has 22 heavy (non-hydrogen) atoms. The summed E-state index contributed by atoms with van der Waals surface area (Å²) in [5.74, 6) is 0.926. The number of nitrogens with one attached hydrogen (secondary N) is 1. The van der Waals surface area contributed by atoms with Gasteiger partial charge in [0.2, 0.25) is 0 Å². The summed E-state index contributed by atoms with van der Waals surface area (Å²) in [5, 5.41) is 2.54. The molecule has 2 heterocycles. The van der Waals surface area contributed by atoms with Crippen LogP contribution in [0.4, 0.5) is 4.39 Å². The lowest BCUT2D eigenvalue weighted by Crippen LogP contribution is -2.13. The zero-order chi connectivity index (χ0) is 15.1. The van der Waals surface area contributed by atoms with Crippen LogP contribution in [0.2, 0.25) is 0 Å². The SMILES string of the molecule is O=c1[nH]c(C2CCCC2)nc2scc(-c3ccc(F)cc3)c12. The second-order valence-electron chi connectivity index (χ2n) is 5.77. The second-order valence-corrected chi connectivity index (χ2v) is 6.63. The number of hydrogen-bond donors (Lipinski definition) is 1. The Labute approximate surface area is 130 Å². The van der Waals surface area contributed by atoms with E-state index in [2.05, 4.69) is 9.97 Å². The number of hydrogen-bond acceptors (Lipinski definition) is 3. The van der Waals surface area contributed by atoms with Crippen LogP contribution in [-0.2, 0) is 0 Å². The van der Waals surface area contributed by atoms with Gasteiger partial charge in [-0.1, -0.05) is 25.0 Å². The molecule has 0 bridgehead atoms. The maximum Gasteiger partial charge on any atom is 0.260 e. The molecule has 0 atom stereocenters. The molecular formula is C17H15FN2OS. The molecule has 1 saturated carbocycles. The molecule has 0 spiro atoms. The van der Waals surface area contributed by atoms with E-state index in [0.717, 1.165) is 34.6 Å². The van der Waals surface area contributed by atoms with Crippen LogP contribution >= 0.6 is 11.3 Å². The van der Waals surface area contributed by atoms with Crippen molar-refractivity contribution < 1.29 is 4.39 Å². The molecule has 2 aromatic heterocycles. The third kappa shape index (κ3) is 2.25. The van der Waals surface area contributed by atoms with E-state index in [1.807, 2.05) is 5.38 Å². The fourth-order valence-corrected chi connectivity index (χ4v) is 4.16. The van der Waals surface area contributed by atoms with Gasteiger partial charge in [-0.25, -0.2) is 9.37 Å². The van der Waals surface area contributed by atoms with Crippen LogP contribution < -0.4 is 5.56 Å². The van der Waals surface area contributed by atoms with E-state index in [4.69, 9.17) is 0 Å². The molecule has 0 aliphatic heterocycles. The van der Waals surface area contributed by atoms with E-state index in [-0.39, 0.29) is 11.4 Å². The largest absolute Gasteiger partial charge is 0.310 e. The van der Waals surface area contributed by atoms with Crippen LogP contribution in [0.5, 0.6) is 0 Å².